The molecule has 1 fully saturated rings. The Morgan fingerprint density at radius 2 is 2.28 bits per heavy atom. The number of amides is 1. The molecule has 1 atom stereocenters. The summed E-state index contributed by atoms with van der Waals surface area (Å²) in [5, 5.41) is 3.02. The largest absolute Gasteiger partial charge is 0.379 e. The highest BCUT2D eigenvalue weighted by Gasteiger charge is 2.31. The zero-order chi connectivity index (χ0) is 13.2. The number of hydrogen-bond acceptors (Lipinski definition) is 4. The Kier molecular flexibility index (Phi) is 3.54. The fraction of sp³-hybridized carbons (Fsp3) is 0.462. The van der Waals surface area contributed by atoms with Gasteiger partial charge in [-0.2, -0.15) is 0 Å². The van der Waals surface area contributed by atoms with Gasteiger partial charge in [0.2, 0.25) is 0 Å². The number of ether oxygens (including phenoxy) is 1. The average Bonchev–Trinajstić information content (AvgIpc) is 2.75. The Morgan fingerprint density at radius 1 is 1.50 bits per heavy atom. The fourth-order valence-corrected chi connectivity index (χ4v) is 2.08. The summed E-state index contributed by atoms with van der Waals surface area (Å²) in [7, 11) is 0. The summed E-state index contributed by atoms with van der Waals surface area (Å²) in [5.41, 5.74) is 4.74. The highest BCUT2D eigenvalue weighted by molar-refractivity contribution is 5.95. The predicted molar refractivity (Wildman–Crippen MR) is 70.3 cm³/mol. The third-order valence-corrected chi connectivity index (χ3v) is 3.28. The maximum atomic E-state index is 12.1. The number of benzene rings is 1. The van der Waals surface area contributed by atoms with E-state index in [1.165, 1.54) is 0 Å². The van der Waals surface area contributed by atoms with Crippen LogP contribution in [-0.4, -0.2) is 24.7 Å². The second kappa shape index (κ2) is 4.96. The van der Waals surface area contributed by atoms with Crippen molar-refractivity contribution in [3.8, 4) is 0 Å². The number of anilines is 1. The Hall–Kier alpha value is -1.59. The standard InChI is InChI=1S/C13H19N3O2/c1-9-7-10(3-4-11(9)16-14)12(17)15-13(2)5-6-18-8-13/h3-4,7,16H,5-6,8,14H2,1-2H3,(H,15,17). The number of carbonyl (C=O) groups excluding carboxylic acids is 1. The summed E-state index contributed by atoms with van der Waals surface area (Å²) in [4.78, 5) is 12.1. The van der Waals surface area contributed by atoms with E-state index in [1.54, 1.807) is 12.1 Å². The van der Waals surface area contributed by atoms with E-state index in [2.05, 4.69) is 10.7 Å². The van der Waals surface area contributed by atoms with Crippen LogP contribution in [0.4, 0.5) is 5.69 Å². The SMILES string of the molecule is Cc1cc(C(=O)NC2(C)CCOC2)ccc1NN. The van der Waals surface area contributed by atoms with Crippen LogP contribution in [0.25, 0.3) is 0 Å². The Balaban J connectivity index is 2.11. The Morgan fingerprint density at radius 3 is 2.83 bits per heavy atom. The van der Waals surface area contributed by atoms with Crippen LogP contribution in [0.1, 0.15) is 29.3 Å². The van der Waals surface area contributed by atoms with Crippen molar-refractivity contribution in [1.29, 1.82) is 0 Å². The molecule has 1 aromatic carbocycles. The minimum absolute atomic E-state index is 0.0744. The maximum absolute atomic E-state index is 12.1. The quantitative estimate of drug-likeness (QED) is 0.555. The first-order valence-electron chi connectivity index (χ1n) is 6.02. The number of nitrogens with two attached hydrogens (primary N) is 1. The van der Waals surface area contributed by atoms with Gasteiger partial charge in [0.25, 0.3) is 5.91 Å². The van der Waals surface area contributed by atoms with Crippen LogP contribution in [0.5, 0.6) is 0 Å². The molecular formula is C13H19N3O2. The molecule has 5 heteroatoms. The van der Waals surface area contributed by atoms with E-state index in [4.69, 9.17) is 10.6 Å². The van der Waals surface area contributed by atoms with Gasteiger partial charge in [-0.1, -0.05) is 0 Å². The van der Waals surface area contributed by atoms with E-state index in [9.17, 15) is 4.79 Å². The molecule has 1 unspecified atom stereocenters. The summed E-state index contributed by atoms with van der Waals surface area (Å²) >= 11 is 0. The van der Waals surface area contributed by atoms with Crippen molar-refractivity contribution in [3.63, 3.8) is 0 Å². The van der Waals surface area contributed by atoms with Gasteiger partial charge in [-0.3, -0.25) is 10.6 Å². The molecule has 0 aromatic heterocycles. The summed E-state index contributed by atoms with van der Waals surface area (Å²) in [6.07, 6.45) is 0.847. The topological polar surface area (TPSA) is 76.4 Å². The average molecular weight is 249 g/mol. The third-order valence-electron chi connectivity index (χ3n) is 3.28. The van der Waals surface area contributed by atoms with Gasteiger partial charge in [-0.05, 0) is 44.0 Å². The van der Waals surface area contributed by atoms with Gasteiger partial charge in [0, 0.05) is 12.2 Å². The first kappa shape index (κ1) is 12.9. The van der Waals surface area contributed by atoms with E-state index < -0.39 is 0 Å². The minimum Gasteiger partial charge on any atom is -0.379 e. The lowest BCUT2D eigenvalue weighted by Gasteiger charge is -2.23. The molecule has 1 aliphatic heterocycles. The highest BCUT2D eigenvalue weighted by Crippen LogP contribution is 2.20. The summed E-state index contributed by atoms with van der Waals surface area (Å²) in [6, 6.07) is 5.39. The Bertz CT molecular complexity index is 454. The molecular weight excluding hydrogens is 230 g/mol. The number of aryl methyl sites for hydroxylation is 1. The molecule has 0 radical (unpaired) electrons. The molecule has 1 aromatic rings. The molecule has 18 heavy (non-hydrogen) atoms. The van der Waals surface area contributed by atoms with Crippen molar-refractivity contribution in [2.75, 3.05) is 18.6 Å². The van der Waals surface area contributed by atoms with Gasteiger partial charge < -0.3 is 15.5 Å². The maximum Gasteiger partial charge on any atom is 0.251 e. The molecule has 4 N–H and O–H groups in total. The van der Waals surface area contributed by atoms with Gasteiger partial charge in [0.05, 0.1) is 17.8 Å². The van der Waals surface area contributed by atoms with Gasteiger partial charge in [0.1, 0.15) is 0 Å². The summed E-state index contributed by atoms with van der Waals surface area (Å²) in [6.45, 7) is 5.18. The van der Waals surface area contributed by atoms with Gasteiger partial charge >= 0.3 is 0 Å². The van der Waals surface area contributed by atoms with Crippen LogP contribution in [0.15, 0.2) is 18.2 Å². The monoisotopic (exact) mass is 249 g/mol. The number of carbonyl (C=O) groups is 1. The van der Waals surface area contributed by atoms with Gasteiger partial charge in [-0.15, -0.1) is 0 Å². The van der Waals surface area contributed by atoms with Crippen LogP contribution < -0.4 is 16.6 Å². The van der Waals surface area contributed by atoms with Crippen molar-refractivity contribution >= 4 is 11.6 Å². The molecule has 1 amide bonds. The lowest BCUT2D eigenvalue weighted by molar-refractivity contribution is 0.0890. The molecule has 98 valence electrons. The van der Waals surface area contributed by atoms with E-state index >= 15 is 0 Å². The second-order valence-corrected chi connectivity index (χ2v) is 4.99. The molecule has 1 aliphatic rings. The number of rotatable bonds is 3. The third kappa shape index (κ3) is 2.63. The molecule has 0 bridgehead atoms. The van der Waals surface area contributed by atoms with E-state index in [0.717, 1.165) is 17.7 Å². The van der Waals surface area contributed by atoms with Crippen LogP contribution >= 0.6 is 0 Å². The first-order chi connectivity index (χ1) is 8.54. The minimum atomic E-state index is -0.254. The van der Waals surface area contributed by atoms with Crippen LogP contribution in [0, 0.1) is 6.92 Å². The number of hydrazine groups is 1. The normalized spacial score (nSPS) is 22.8. The molecule has 1 heterocycles. The molecule has 0 spiro atoms. The van der Waals surface area contributed by atoms with Crippen molar-refractivity contribution in [2.45, 2.75) is 25.8 Å². The molecule has 0 saturated carbocycles. The first-order valence-corrected chi connectivity index (χ1v) is 6.02. The highest BCUT2D eigenvalue weighted by atomic mass is 16.5. The summed E-state index contributed by atoms with van der Waals surface area (Å²) in [5.74, 6) is 5.29. The van der Waals surface area contributed by atoms with Crippen LogP contribution in [-0.2, 0) is 4.74 Å². The van der Waals surface area contributed by atoms with E-state index in [1.807, 2.05) is 19.9 Å². The molecule has 0 aliphatic carbocycles. The van der Waals surface area contributed by atoms with Crippen LogP contribution in [0.3, 0.4) is 0 Å². The zero-order valence-electron chi connectivity index (χ0n) is 10.7. The molecule has 1 saturated heterocycles. The van der Waals surface area contributed by atoms with Crippen molar-refractivity contribution in [1.82, 2.24) is 5.32 Å². The number of nitrogen functional groups attached to an aromatic ring is 1. The van der Waals surface area contributed by atoms with Crippen molar-refractivity contribution in [3.05, 3.63) is 29.3 Å². The second-order valence-electron chi connectivity index (χ2n) is 4.99. The van der Waals surface area contributed by atoms with Gasteiger partial charge in [-0.25, -0.2) is 0 Å². The van der Waals surface area contributed by atoms with Crippen LogP contribution in [0.2, 0.25) is 0 Å². The Labute approximate surface area is 107 Å². The van der Waals surface area contributed by atoms with Gasteiger partial charge in [0.15, 0.2) is 0 Å². The summed E-state index contributed by atoms with van der Waals surface area (Å²) < 4.78 is 5.32. The fourth-order valence-electron chi connectivity index (χ4n) is 2.08. The van der Waals surface area contributed by atoms with Crippen molar-refractivity contribution < 1.29 is 9.53 Å². The lowest BCUT2D eigenvalue weighted by atomic mass is 10.0. The smallest absolute Gasteiger partial charge is 0.251 e. The zero-order valence-corrected chi connectivity index (χ0v) is 10.7. The number of nitrogens with one attached hydrogen (secondary N) is 2. The van der Waals surface area contributed by atoms with Crippen molar-refractivity contribution in [2.24, 2.45) is 5.84 Å². The lowest BCUT2D eigenvalue weighted by Crippen LogP contribution is -2.46. The number of hydrogen-bond donors (Lipinski definition) is 3. The molecule has 2 rings (SSSR count). The molecule has 5 nitrogen and oxygen atoms in total. The van der Waals surface area contributed by atoms with E-state index in [-0.39, 0.29) is 11.4 Å². The van der Waals surface area contributed by atoms with E-state index in [0.29, 0.717) is 18.8 Å². The predicted octanol–water partition coefficient (Wildman–Crippen LogP) is 1.19.